The normalized spacial score (nSPS) is 10.3. The summed E-state index contributed by atoms with van der Waals surface area (Å²) in [6.45, 7) is 0. The van der Waals surface area contributed by atoms with Crippen molar-refractivity contribution in [3.8, 4) is 11.3 Å². The minimum absolute atomic E-state index is 0.212. The summed E-state index contributed by atoms with van der Waals surface area (Å²) in [7, 11) is 0. The second-order valence-electron chi connectivity index (χ2n) is 4.37. The molecule has 3 rings (SSSR count). The lowest BCUT2D eigenvalue weighted by molar-refractivity contribution is 0.102. The van der Waals surface area contributed by atoms with Crippen LogP contribution in [0, 0.1) is 5.82 Å². The number of carbonyl (C=O) groups is 1. The van der Waals surface area contributed by atoms with Gasteiger partial charge < -0.3 is 0 Å². The second kappa shape index (κ2) is 5.85. The maximum atomic E-state index is 13.2. The molecule has 0 aliphatic heterocycles. The van der Waals surface area contributed by atoms with Crippen molar-refractivity contribution in [1.82, 2.24) is 4.98 Å². The molecule has 0 atom stereocenters. The number of hydrogen-bond acceptors (Lipinski definition) is 3. The van der Waals surface area contributed by atoms with Gasteiger partial charge in [-0.05, 0) is 24.3 Å². The molecule has 0 spiro atoms. The number of anilines is 1. The molecule has 1 heterocycles. The van der Waals surface area contributed by atoms with E-state index in [4.69, 9.17) is 0 Å². The van der Waals surface area contributed by atoms with Crippen LogP contribution in [-0.2, 0) is 0 Å². The maximum absolute atomic E-state index is 13.2. The molecule has 21 heavy (non-hydrogen) atoms. The van der Waals surface area contributed by atoms with Crippen LogP contribution in [-0.4, -0.2) is 10.9 Å². The average molecular weight is 298 g/mol. The van der Waals surface area contributed by atoms with Gasteiger partial charge in [-0.1, -0.05) is 30.3 Å². The van der Waals surface area contributed by atoms with Crippen molar-refractivity contribution < 1.29 is 9.18 Å². The summed E-state index contributed by atoms with van der Waals surface area (Å²) < 4.78 is 13.2. The van der Waals surface area contributed by atoms with Crippen LogP contribution in [0.2, 0.25) is 0 Å². The van der Waals surface area contributed by atoms with E-state index in [0.29, 0.717) is 22.0 Å². The first-order valence-corrected chi connectivity index (χ1v) is 7.18. The molecule has 3 aromatic rings. The monoisotopic (exact) mass is 298 g/mol. The van der Waals surface area contributed by atoms with Crippen LogP contribution in [0.25, 0.3) is 11.3 Å². The third-order valence-corrected chi connectivity index (χ3v) is 3.64. The lowest BCUT2D eigenvalue weighted by Crippen LogP contribution is -2.11. The molecule has 0 saturated heterocycles. The Labute approximate surface area is 125 Å². The largest absolute Gasteiger partial charge is 0.298 e. The molecule has 1 N–H and O–H groups in total. The van der Waals surface area contributed by atoms with Gasteiger partial charge in [0.15, 0.2) is 5.13 Å². The van der Waals surface area contributed by atoms with Crippen molar-refractivity contribution in [2.24, 2.45) is 0 Å². The Hall–Kier alpha value is -2.53. The first kappa shape index (κ1) is 13.5. The number of thiazole rings is 1. The molecule has 0 saturated carbocycles. The molecule has 3 nitrogen and oxygen atoms in total. The Morgan fingerprint density at radius 3 is 2.67 bits per heavy atom. The van der Waals surface area contributed by atoms with Gasteiger partial charge in [0, 0.05) is 16.5 Å². The van der Waals surface area contributed by atoms with Crippen molar-refractivity contribution in [3.63, 3.8) is 0 Å². The smallest absolute Gasteiger partial charge is 0.257 e. The number of rotatable bonds is 3. The van der Waals surface area contributed by atoms with Gasteiger partial charge in [-0.2, -0.15) is 0 Å². The van der Waals surface area contributed by atoms with Crippen molar-refractivity contribution >= 4 is 22.4 Å². The molecule has 0 bridgehead atoms. The molecule has 0 aliphatic carbocycles. The van der Waals surface area contributed by atoms with Gasteiger partial charge in [-0.15, -0.1) is 11.3 Å². The fraction of sp³-hybridized carbons (Fsp3) is 0. The standard InChI is InChI=1S/C16H11FN2OS/c17-13-8-4-7-12(9-13)14-10-21-16(18-14)19-15(20)11-5-2-1-3-6-11/h1-10H,(H,18,19,20). The Kier molecular flexibility index (Phi) is 3.75. The third-order valence-electron chi connectivity index (χ3n) is 2.88. The summed E-state index contributed by atoms with van der Waals surface area (Å²) in [5.74, 6) is -0.522. The first-order valence-electron chi connectivity index (χ1n) is 6.30. The topological polar surface area (TPSA) is 42.0 Å². The number of halogens is 1. The lowest BCUT2D eigenvalue weighted by atomic mass is 10.2. The number of nitrogens with one attached hydrogen (secondary N) is 1. The van der Waals surface area contributed by atoms with Crippen molar-refractivity contribution in [2.75, 3.05) is 5.32 Å². The Morgan fingerprint density at radius 2 is 1.90 bits per heavy atom. The van der Waals surface area contributed by atoms with E-state index in [1.54, 1.807) is 41.8 Å². The van der Waals surface area contributed by atoms with Crippen LogP contribution in [0.15, 0.2) is 60.0 Å². The van der Waals surface area contributed by atoms with Gasteiger partial charge in [0.05, 0.1) is 5.69 Å². The number of hydrogen-bond donors (Lipinski definition) is 1. The highest BCUT2D eigenvalue weighted by Crippen LogP contribution is 2.25. The summed E-state index contributed by atoms with van der Waals surface area (Å²) >= 11 is 1.31. The third kappa shape index (κ3) is 3.14. The maximum Gasteiger partial charge on any atom is 0.257 e. The number of amides is 1. The molecule has 104 valence electrons. The zero-order valence-electron chi connectivity index (χ0n) is 10.9. The van der Waals surface area contributed by atoms with Crippen LogP contribution >= 0.6 is 11.3 Å². The van der Waals surface area contributed by atoms with Crippen molar-refractivity contribution in [1.29, 1.82) is 0 Å². The van der Waals surface area contributed by atoms with E-state index >= 15 is 0 Å². The van der Waals surface area contributed by atoms with E-state index in [1.165, 1.54) is 23.5 Å². The molecule has 0 aliphatic rings. The summed E-state index contributed by atoms with van der Waals surface area (Å²) in [5.41, 5.74) is 1.90. The molecular formula is C16H11FN2OS. The van der Waals surface area contributed by atoms with Gasteiger partial charge in [-0.25, -0.2) is 9.37 Å². The summed E-state index contributed by atoms with van der Waals surface area (Å²) in [6.07, 6.45) is 0. The lowest BCUT2D eigenvalue weighted by Gasteiger charge is -2.01. The fourth-order valence-corrected chi connectivity index (χ4v) is 2.59. The van der Waals surface area contributed by atoms with Gasteiger partial charge in [0.2, 0.25) is 0 Å². The highest BCUT2D eigenvalue weighted by molar-refractivity contribution is 7.14. The number of aromatic nitrogens is 1. The van der Waals surface area contributed by atoms with Crippen LogP contribution in [0.5, 0.6) is 0 Å². The van der Waals surface area contributed by atoms with E-state index in [9.17, 15) is 9.18 Å². The van der Waals surface area contributed by atoms with Gasteiger partial charge >= 0.3 is 0 Å². The molecule has 1 aromatic heterocycles. The SMILES string of the molecule is O=C(Nc1nc(-c2cccc(F)c2)cs1)c1ccccc1. The fourth-order valence-electron chi connectivity index (χ4n) is 1.87. The highest BCUT2D eigenvalue weighted by atomic mass is 32.1. The van der Waals surface area contributed by atoms with Crippen molar-refractivity contribution in [2.45, 2.75) is 0 Å². The minimum Gasteiger partial charge on any atom is -0.298 e. The predicted octanol–water partition coefficient (Wildman–Crippen LogP) is 4.20. The first-order chi connectivity index (χ1) is 10.2. The second-order valence-corrected chi connectivity index (χ2v) is 5.23. The molecular weight excluding hydrogens is 287 g/mol. The Balaban J connectivity index is 1.78. The molecule has 0 unspecified atom stereocenters. The quantitative estimate of drug-likeness (QED) is 0.787. The van der Waals surface area contributed by atoms with E-state index in [0.717, 1.165) is 0 Å². The summed E-state index contributed by atoms with van der Waals surface area (Å²) in [4.78, 5) is 16.3. The van der Waals surface area contributed by atoms with E-state index in [-0.39, 0.29) is 11.7 Å². The van der Waals surface area contributed by atoms with E-state index in [1.807, 2.05) is 6.07 Å². The zero-order valence-corrected chi connectivity index (χ0v) is 11.7. The number of benzene rings is 2. The van der Waals surface area contributed by atoms with Crippen LogP contribution in [0.3, 0.4) is 0 Å². The Morgan fingerprint density at radius 1 is 1.10 bits per heavy atom. The molecule has 2 aromatic carbocycles. The molecule has 5 heteroatoms. The van der Waals surface area contributed by atoms with Crippen LogP contribution in [0.1, 0.15) is 10.4 Å². The van der Waals surface area contributed by atoms with Crippen LogP contribution < -0.4 is 5.32 Å². The summed E-state index contributed by atoms with van der Waals surface area (Å²) in [6, 6.07) is 15.1. The highest BCUT2D eigenvalue weighted by Gasteiger charge is 2.09. The number of nitrogens with zero attached hydrogens (tertiary/aromatic N) is 1. The zero-order chi connectivity index (χ0) is 14.7. The van der Waals surface area contributed by atoms with Crippen molar-refractivity contribution in [3.05, 3.63) is 71.4 Å². The van der Waals surface area contributed by atoms with Gasteiger partial charge in [0.1, 0.15) is 5.82 Å². The van der Waals surface area contributed by atoms with E-state index in [2.05, 4.69) is 10.3 Å². The molecule has 0 radical (unpaired) electrons. The van der Waals surface area contributed by atoms with Gasteiger partial charge in [-0.3, -0.25) is 10.1 Å². The molecule has 0 fully saturated rings. The van der Waals surface area contributed by atoms with Crippen LogP contribution in [0.4, 0.5) is 9.52 Å². The predicted molar refractivity (Wildman–Crippen MR) is 81.9 cm³/mol. The Bertz CT molecular complexity index is 771. The van der Waals surface area contributed by atoms with Gasteiger partial charge in [0.25, 0.3) is 5.91 Å². The minimum atomic E-state index is -0.310. The summed E-state index contributed by atoms with van der Waals surface area (Å²) in [5, 5.41) is 5.01. The average Bonchev–Trinajstić information content (AvgIpc) is 2.97. The molecule has 1 amide bonds. The van der Waals surface area contributed by atoms with E-state index < -0.39 is 0 Å². The number of carbonyl (C=O) groups excluding carboxylic acids is 1.